The van der Waals surface area contributed by atoms with Gasteiger partial charge in [-0.05, 0) is 69.7 Å². The maximum Gasteiger partial charge on any atom is 0.338 e. The molecule has 0 radical (unpaired) electrons. The number of methoxy groups -OCH3 is 2. The molecule has 38 heavy (non-hydrogen) atoms. The molecule has 1 aromatic heterocycles. The average molecular weight is 536 g/mol. The number of ether oxygens (including phenoxy) is 3. The van der Waals surface area contributed by atoms with E-state index in [2.05, 4.69) is 35.9 Å². The van der Waals surface area contributed by atoms with Gasteiger partial charge in [-0.3, -0.25) is 9.36 Å². The van der Waals surface area contributed by atoms with E-state index >= 15 is 0 Å². The van der Waals surface area contributed by atoms with E-state index in [1.807, 2.05) is 18.2 Å². The summed E-state index contributed by atoms with van der Waals surface area (Å²) < 4.78 is 18.6. The number of nitrogens with zero attached hydrogens (tertiary/aromatic N) is 3. The molecular formula is C29H33N3O5S. The van der Waals surface area contributed by atoms with E-state index in [-0.39, 0.29) is 12.2 Å². The standard InChI is InChI=1S/C29H33N3O5S/c1-7-31(8-2)20-12-10-19(11-13-20)16-24-27(33)32-26(22-17-21(35-5)14-15-23(22)36-6)25(28(34)37-9-3)18(4)30-29(32)38-24/h10-17,26H,7-9H2,1-6H3/b24-16-/t26-/m1/s1. The number of allylic oxidation sites excluding steroid dienone is 1. The lowest BCUT2D eigenvalue weighted by Gasteiger charge is -2.26. The Morgan fingerprint density at radius 3 is 2.39 bits per heavy atom. The van der Waals surface area contributed by atoms with E-state index in [1.54, 1.807) is 50.8 Å². The zero-order valence-electron chi connectivity index (χ0n) is 22.6. The third-order valence-electron chi connectivity index (χ3n) is 6.57. The van der Waals surface area contributed by atoms with Crippen LogP contribution in [-0.2, 0) is 9.53 Å². The van der Waals surface area contributed by atoms with E-state index in [1.165, 1.54) is 11.3 Å². The second kappa shape index (κ2) is 11.7. The normalized spacial score (nSPS) is 15.1. The van der Waals surface area contributed by atoms with Crippen molar-refractivity contribution in [2.75, 3.05) is 38.8 Å². The summed E-state index contributed by atoms with van der Waals surface area (Å²) in [5.41, 5.74) is 3.19. The highest BCUT2D eigenvalue weighted by molar-refractivity contribution is 7.07. The Kier molecular flexibility index (Phi) is 8.36. The van der Waals surface area contributed by atoms with Crippen LogP contribution >= 0.6 is 11.3 Å². The fraction of sp³-hybridized carbons (Fsp3) is 0.345. The summed E-state index contributed by atoms with van der Waals surface area (Å²) in [4.78, 5) is 34.5. The summed E-state index contributed by atoms with van der Waals surface area (Å²) in [6.07, 6.45) is 1.86. The van der Waals surface area contributed by atoms with E-state index in [0.29, 0.717) is 37.7 Å². The van der Waals surface area contributed by atoms with Crippen LogP contribution in [0.1, 0.15) is 44.9 Å². The van der Waals surface area contributed by atoms with Gasteiger partial charge in [0.2, 0.25) is 0 Å². The van der Waals surface area contributed by atoms with Crippen LogP contribution in [0, 0.1) is 0 Å². The first-order valence-corrected chi connectivity index (χ1v) is 13.4. The lowest BCUT2D eigenvalue weighted by atomic mass is 9.94. The number of esters is 1. The van der Waals surface area contributed by atoms with Gasteiger partial charge < -0.3 is 19.1 Å². The highest BCUT2D eigenvalue weighted by Gasteiger charge is 2.35. The van der Waals surface area contributed by atoms with Gasteiger partial charge in [0.05, 0.1) is 36.6 Å². The number of carbonyl (C=O) groups excluding carboxylic acids is 1. The molecule has 0 aliphatic carbocycles. The SMILES string of the molecule is CCOC(=O)C1=C(C)N=c2s/c(=C\c3ccc(N(CC)CC)cc3)c(=O)n2[C@@H]1c1cc(OC)ccc1OC. The van der Waals surface area contributed by atoms with E-state index < -0.39 is 12.0 Å². The predicted octanol–water partition coefficient (Wildman–Crippen LogP) is 3.66. The Morgan fingerprint density at radius 2 is 1.79 bits per heavy atom. The Morgan fingerprint density at radius 1 is 1.08 bits per heavy atom. The van der Waals surface area contributed by atoms with Crippen molar-refractivity contribution in [3.05, 3.63) is 84.5 Å². The molecule has 0 fully saturated rings. The van der Waals surface area contributed by atoms with Gasteiger partial charge in [0.25, 0.3) is 5.56 Å². The van der Waals surface area contributed by atoms with E-state index in [0.717, 1.165) is 24.3 Å². The van der Waals surface area contributed by atoms with Gasteiger partial charge in [-0.15, -0.1) is 0 Å². The van der Waals surface area contributed by atoms with Gasteiger partial charge in [-0.2, -0.15) is 0 Å². The Bertz CT molecular complexity index is 1530. The van der Waals surface area contributed by atoms with Gasteiger partial charge in [-0.1, -0.05) is 23.5 Å². The minimum atomic E-state index is -0.789. The largest absolute Gasteiger partial charge is 0.497 e. The van der Waals surface area contributed by atoms with Crippen molar-refractivity contribution in [2.24, 2.45) is 4.99 Å². The summed E-state index contributed by atoms with van der Waals surface area (Å²) in [5.74, 6) is 0.577. The fourth-order valence-corrected chi connectivity index (χ4v) is 5.71. The molecule has 2 heterocycles. The second-order valence-corrected chi connectivity index (χ2v) is 9.68. The van der Waals surface area contributed by atoms with Crippen LogP contribution in [0.3, 0.4) is 0 Å². The molecule has 1 aliphatic rings. The molecule has 1 atom stereocenters. The third-order valence-corrected chi connectivity index (χ3v) is 7.55. The molecule has 1 aliphatic heterocycles. The molecule has 0 saturated carbocycles. The maximum absolute atomic E-state index is 13.9. The minimum Gasteiger partial charge on any atom is -0.497 e. The predicted molar refractivity (Wildman–Crippen MR) is 150 cm³/mol. The van der Waals surface area contributed by atoms with Crippen LogP contribution in [0.5, 0.6) is 11.5 Å². The van der Waals surface area contributed by atoms with Crippen LogP contribution in [0.15, 0.2) is 63.5 Å². The first kappa shape index (κ1) is 27.2. The second-order valence-electron chi connectivity index (χ2n) is 8.67. The third kappa shape index (κ3) is 5.11. The maximum atomic E-state index is 13.9. The molecule has 0 unspecified atom stereocenters. The molecule has 0 saturated heterocycles. The van der Waals surface area contributed by atoms with Crippen LogP contribution in [0.25, 0.3) is 6.08 Å². The number of anilines is 1. The first-order chi connectivity index (χ1) is 18.4. The van der Waals surface area contributed by atoms with Crippen LogP contribution < -0.4 is 29.3 Å². The van der Waals surface area contributed by atoms with Crippen molar-refractivity contribution in [2.45, 2.75) is 33.7 Å². The van der Waals surface area contributed by atoms with Gasteiger partial charge in [0, 0.05) is 24.3 Å². The molecule has 0 amide bonds. The summed E-state index contributed by atoms with van der Waals surface area (Å²) in [6.45, 7) is 9.79. The number of thiazole rings is 1. The molecule has 200 valence electrons. The van der Waals surface area contributed by atoms with Crippen LogP contribution in [0.2, 0.25) is 0 Å². The Hall–Kier alpha value is -3.85. The highest BCUT2D eigenvalue weighted by atomic mass is 32.1. The van der Waals surface area contributed by atoms with Crippen molar-refractivity contribution < 1.29 is 19.0 Å². The van der Waals surface area contributed by atoms with Crippen molar-refractivity contribution in [1.29, 1.82) is 0 Å². The Balaban J connectivity index is 1.92. The first-order valence-electron chi connectivity index (χ1n) is 12.6. The van der Waals surface area contributed by atoms with Crippen molar-refractivity contribution in [3.63, 3.8) is 0 Å². The zero-order valence-corrected chi connectivity index (χ0v) is 23.4. The van der Waals surface area contributed by atoms with Crippen LogP contribution in [0.4, 0.5) is 5.69 Å². The van der Waals surface area contributed by atoms with Crippen molar-refractivity contribution in [3.8, 4) is 11.5 Å². The molecule has 0 N–H and O–H groups in total. The number of fused-ring (bicyclic) bond motifs is 1. The summed E-state index contributed by atoms with van der Waals surface area (Å²) in [5, 5.41) is 0. The van der Waals surface area contributed by atoms with Gasteiger partial charge in [0.1, 0.15) is 17.5 Å². The molecule has 9 heteroatoms. The summed E-state index contributed by atoms with van der Waals surface area (Å²) in [7, 11) is 3.12. The average Bonchev–Trinajstić information content (AvgIpc) is 3.23. The van der Waals surface area contributed by atoms with Crippen LogP contribution in [-0.4, -0.2) is 44.5 Å². The number of aromatic nitrogens is 1. The lowest BCUT2D eigenvalue weighted by molar-refractivity contribution is -0.139. The minimum absolute atomic E-state index is 0.200. The zero-order chi connectivity index (χ0) is 27.4. The molecular weight excluding hydrogens is 502 g/mol. The molecule has 2 aromatic carbocycles. The van der Waals surface area contributed by atoms with E-state index in [9.17, 15) is 9.59 Å². The molecule has 8 nitrogen and oxygen atoms in total. The number of benzene rings is 2. The topological polar surface area (TPSA) is 82.4 Å². The molecule has 0 spiro atoms. The fourth-order valence-electron chi connectivity index (χ4n) is 4.66. The van der Waals surface area contributed by atoms with Crippen molar-refractivity contribution >= 4 is 29.1 Å². The van der Waals surface area contributed by atoms with Gasteiger partial charge in [-0.25, -0.2) is 9.79 Å². The monoisotopic (exact) mass is 535 g/mol. The highest BCUT2D eigenvalue weighted by Crippen LogP contribution is 2.37. The number of carbonyl (C=O) groups is 1. The van der Waals surface area contributed by atoms with E-state index in [4.69, 9.17) is 14.2 Å². The van der Waals surface area contributed by atoms with Gasteiger partial charge >= 0.3 is 5.97 Å². The molecule has 4 rings (SSSR count). The Labute approximate surface area is 226 Å². The molecule has 0 bridgehead atoms. The summed E-state index contributed by atoms with van der Waals surface area (Å²) >= 11 is 1.29. The molecule has 3 aromatic rings. The van der Waals surface area contributed by atoms with Gasteiger partial charge in [0.15, 0.2) is 4.80 Å². The lowest BCUT2D eigenvalue weighted by Crippen LogP contribution is -2.40. The van der Waals surface area contributed by atoms with Crippen molar-refractivity contribution in [1.82, 2.24) is 4.57 Å². The smallest absolute Gasteiger partial charge is 0.338 e. The quantitative estimate of drug-likeness (QED) is 0.389. The number of rotatable bonds is 9. The number of hydrogen-bond acceptors (Lipinski definition) is 8. The summed E-state index contributed by atoms with van der Waals surface area (Å²) in [6, 6.07) is 12.7. The number of hydrogen-bond donors (Lipinski definition) is 0.